The van der Waals surface area contributed by atoms with E-state index in [-0.39, 0.29) is 0 Å². The Kier molecular flexibility index (Phi) is 4.95. The van der Waals surface area contributed by atoms with Crippen molar-refractivity contribution < 1.29 is 0 Å². The first-order chi connectivity index (χ1) is 11.8. The maximum atomic E-state index is 2.92. The van der Waals surface area contributed by atoms with Gasteiger partial charge in [0.2, 0.25) is 0 Å². The van der Waals surface area contributed by atoms with Gasteiger partial charge in [-0.05, 0) is 43.3 Å². The average Bonchev–Trinajstić information content (AvgIpc) is 2.66. The van der Waals surface area contributed by atoms with Gasteiger partial charge in [0, 0.05) is 0 Å². The minimum absolute atomic E-state index is 0.700. The molecule has 4 aromatic carbocycles. The molecule has 0 saturated carbocycles. The number of hydrogen-bond acceptors (Lipinski definition) is 0. The number of benzene rings is 4. The van der Waals surface area contributed by atoms with Crippen LogP contribution in [0.1, 0.15) is 0 Å². The first-order valence-corrected chi connectivity index (χ1v) is 13.4. The van der Waals surface area contributed by atoms with Crippen LogP contribution in [0.3, 0.4) is 0 Å². The molecule has 4 rings (SSSR count). The van der Waals surface area contributed by atoms with Gasteiger partial charge in [0.15, 0.2) is 0 Å². The molecule has 0 radical (unpaired) electrons. The van der Waals surface area contributed by atoms with Crippen LogP contribution in [0.2, 0.25) is 0 Å². The standard InChI is InChI=1S/C20H18P4/c21-23-17-11-9-13-5-1-3-7-15(13)19(17)20-16-8-4-2-6-14(16)10-12-18(20)24-22/h1-12,23-24H,21-22H2. The van der Waals surface area contributed by atoms with E-state index in [1.165, 1.54) is 43.3 Å². The summed E-state index contributed by atoms with van der Waals surface area (Å²) in [4.78, 5) is 0. The molecule has 0 saturated heterocycles. The van der Waals surface area contributed by atoms with Gasteiger partial charge < -0.3 is 0 Å². The smallest absolute Gasteiger partial charge is 0.00150 e. The van der Waals surface area contributed by atoms with Gasteiger partial charge >= 0.3 is 0 Å². The Bertz CT molecular complexity index is 955. The SMILES string of the molecule is PPc1ccc2ccccc2c1-c1c(PP)ccc2ccccc12. The second-order valence-electron chi connectivity index (χ2n) is 5.71. The molecule has 4 aromatic rings. The first kappa shape index (κ1) is 16.6. The first-order valence-electron chi connectivity index (χ1n) is 7.80. The fourth-order valence-electron chi connectivity index (χ4n) is 3.32. The zero-order valence-corrected chi connectivity index (χ0v) is 17.4. The van der Waals surface area contributed by atoms with Crippen molar-refractivity contribution in [2.45, 2.75) is 0 Å². The monoisotopic (exact) mass is 382 g/mol. The minimum atomic E-state index is 0.700. The number of hydrogen-bond donors (Lipinski definition) is 0. The van der Waals surface area contributed by atoms with Crippen LogP contribution in [0.25, 0.3) is 32.7 Å². The van der Waals surface area contributed by atoms with Crippen molar-refractivity contribution in [2.24, 2.45) is 0 Å². The highest BCUT2D eigenvalue weighted by molar-refractivity contribution is 8.07. The highest BCUT2D eigenvalue weighted by Crippen LogP contribution is 2.39. The molecule has 0 aliphatic heterocycles. The highest BCUT2D eigenvalue weighted by atomic mass is 32.0. The van der Waals surface area contributed by atoms with Crippen molar-refractivity contribution in [3.63, 3.8) is 0 Å². The largest absolute Gasteiger partial charge is 0.110 e. The van der Waals surface area contributed by atoms with Crippen LogP contribution >= 0.6 is 34.4 Å². The van der Waals surface area contributed by atoms with E-state index >= 15 is 0 Å². The molecule has 0 bridgehead atoms. The Morgan fingerprint density at radius 2 is 0.917 bits per heavy atom. The molecule has 0 aliphatic carbocycles. The summed E-state index contributed by atoms with van der Waals surface area (Å²) in [5, 5.41) is 8.16. The predicted molar refractivity (Wildman–Crippen MR) is 122 cm³/mol. The molecule has 4 heteroatoms. The lowest BCUT2D eigenvalue weighted by Crippen LogP contribution is -2.07. The fourth-order valence-corrected chi connectivity index (χ4v) is 5.93. The molecule has 24 heavy (non-hydrogen) atoms. The summed E-state index contributed by atoms with van der Waals surface area (Å²) in [5.41, 5.74) is 2.81. The molecule has 0 aromatic heterocycles. The maximum absolute atomic E-state index is 2.92. The average molecular weight is 382 g/mol. The third kappa shape index (κ3) is 2.81. The lowest BCUT2D eigenvalue weighted by Gasteiger charge is -2.18. The molecule has 4 unspecified atom stereocenters. The van der Waals surface area contributed by atoms with E-state index in [1.54, 1.807) is 0 Å². The van der Waals surface area contributed by atoms with Crippen molar-refractivity contribution in [3.8, 4) is 11.1 Å². The third-order valence-electron chi connectivity index (χ3n) is 4.42. The predicted octanol–water partition coefficient (Wildman–Crippen LogP) is 5.85. The Balaban J connectivity index is 2.21. The van der Waals surface area contributed by atoms with Crippen molar-refractivity contribution in [1.29, 1.82) is 0 Å². The van der Waals surface area contributed by atoms with Gasteiger partial charge in [-0.15, -0.1) is 17.9 Å². The van der Waals surface area contributed by atoms with Crippen LogP contribution in [0.15, 0.2) is 72.8 Å². The molecule has 0 amide bonds. The molecule has 0 nitrogen and oxygen atoms in total. The lowest BCUT2D eigenvalue weighted by molar-refractivity contribution is 1.74. The Labute approximate surface area is 150 Å². The van der Waals surface area contributed by atoms with Crippen LogP contribution in [0.5, 0.6) is 0 Å². The van der Waals surface area contributed by atoms with Crippen molar-refractivity contribution in [3.05, 3.63) is 72.8 Å². The van der Waals surface area contributed by atoms with Gasteiger partial charge in [0.25, 0.3) is 0 Å². The van der Waals surface area contributed by atoms with Gasteiger partial charge in [-0.1, -0.05) is 89.3 Å². The Hall–Kier alpha value is -0.880. The van der Waals surface area contributed by atoms with Crippen LogP contribution in [0.4, 0.5) is 0 Å². The lowest BCUT2D eigenvalue weighted by atomic mass is 9.94. The van der Waals surface area contributed by atoms with E-state index in [9.17, 15) is 0 Å². The van der Waals surface area contributed by atoms with E-state index < -0.39 is 0 Å². The molecule has 4 atom stereocenters. The quantitative estimate of drug-likeness (QED) is 0.390. The summed E-state index contributed by atoms with van der Waals surface area (Å²) in [6.07, 6.45) is 0. The zero-order chi connectivity index (χ0) is 16.5. The second-order valence-corrected chi connectivity index (χ2v) is 9.09. The van der Waals surface area contributed by atoms with Crippen molar-refractivity contribution in [1.82, 2.24) is 0 Å². The van der Waals surface area contributed by atoms with Crippen LogP contribution in [-0.4, -0.2) is 0 Å². The normalized spacial score (nSPS) is 12.2. The second kappa shape index (κ2) is 7.16. The molecule has 118 valence electrons. The van der Waals surface area contributed by atoms with Crippen LogP contribution < -0.4 is 10.6 Å². The zero-order valence-electron chi connectivity index (χ0n) is 13.1. The van der Waals surface area contributed by atoms with Gasteiger partial charge in [0.1, 0.15) is 0 Å². The van der Waals surface area contributed by atoms with Gasteiger partial charge in [-0.3, -0.25) is 0 Å². The van der Waals surface area contributed by atoms with E-state index in [4.69, 9.17) is 0 Å². The van der Waals surface area contributed by atoms with E-state index in [0.717, 1.165) is 0 Å². The molecular formula is C20H18P4. The van der Waals surface area contributed by atoms with Crippen LogP contribution in [-0.2, 0) is 0 Å². The van der Waals surface area contributed by atoms with E-state index in [2.05, 4.69) is 90.7 Å². The van der Waals surface area contributed by atoms with Crippen molar-refractivity contribution >= 4 is 66.5 Å². The summed E-state index contributed by atoms with van der Waals surface area (Å²) < 4.78 is 0. The summed E-state index contributed by atoms with van der Waals surface area (Å²) in [5.74, 6) is 0. The van der Waals surface area contributed by atoms with Gasteiger partial charge in [-0.2, -0.15) is 0 Å². The van der Waals surface area contributed by atoms with Crippen LogP contribution in [0, 0.1) is 0 Å². The molecule has 0 spiro atoms. The fraction of sp³-hybridized carbons (Fsp3) is 0. The Morgan fingerprint density at radius 3 is 1.33 bits per heavy atom. The van der Waals surface area contributed by atoms with Gasteiger partial charge in [-0.25, -0.2) is 0 Å². The summed E-state index contributed by atoms with van der Waals surface area (Å²) in [6.45, 7) is 0. The molecular weight excluding hydrogens is 364 g/mol. The topological polar surface area (TPSA) is 0 Å². The number of fused-ring (bicyclic) bond motifs is 2. The summed E-state index contributed by atoms with van der Waals surface area (Å²) >= 11 is 0. The van der Waals surface area contributed by atoms with Crippen molar-refractivity contribution in [2.75, 3.05) is 0 Å². The molecule has 0 aliphatic rings. The highest BCUT2D eigenvalue weighted by Gasteiger charge is 2.15. The minimum Gasteiger partial charge on any atom is -0.110 e. The molecule has 0 heterocycles. The molecule has 0 fully saturated rings. The molecule has 0 N–H and O–H groups in total. The Morgan fingerprint density at radius 1 is 0.500 bits per heavy atom. The van der Waals surface area contributed by atoms with E-state index in [1.807, 2.05) is 0 Å². The van der Waals surface area contributed by atoms with E-state index in [0.29, 0.717) is 16.5 Å². The maximum Gasteiger partial charge on any atom is -0.00150 e. The third-order valence-corrected chi connectivity index (χ3v) is 7.74. The summed E-state index contributed by atoms with van der Waals surface area (Å²) in [7, 11) is 7.24. The number of rotatable bonds is 3. The van der Waals surface area contributed by atoms with Gasteiger partial charge in [0.05, 0.1) is 0 Å². The summed E-state index contributed by atoms with van der Waals surface area (Å²) in [6, 6.07) is 26.6.